The highest BCUT2D eigenvalue weighted by atomic mass is 15.1. The molecule has 0 bridgehead atoms. The molecule has 1 aromatic heterocycles. The predicted octanol–water partition coefficient (Wildman–Crippen LogP) is 0.788. The Morgan fingerprint density at radius 1 is 1.47 bits per heavy atom. The van der Waals surface area contributed by atoms with E-state index in [2.05, 4.69) is 28.3 Å². The van der Waals surface area contributed by atoms with Gasteiger partial charge < -0.3 is 11.1 Å². The number of anilines is 1. The Kier molecular flexibility index (Phi) is 3.18. The molecule has 3 N–H and O–H groups in total. The van der Waals surface area contributed by atoms with Crippen LogP contribution in [0.3, 0.4) is 0 Å². The number of hydrogen-bond acceptors (Lipinski definition) is 4. The normalized spacial score (nSPS) is 15.3. The summed E-state index contributed by atoms with van der Waals surface area (Å²) in [5.41, 5.74) is 8.17. The summed E-state index contributed by atoms with van der Waals surface area (Å²) in [7, 11) is 2.13. The van der Waals surface area contributed by atoms with Crippen LogP contribution in [0, 0.1) is 0 Å². The number of rotatable bonds is 4. The molecule has 0 saturated heterocycles. The van der Waals surface area contributed by atoms with Crippen molar-refractivity contribution in [3.8, 4) is 0 Å². The monoisotopic (exact) mass is 206 g/mol. The maximum Gasteiger partial charge on any atom is 0.126 e. The van der Waals surface area contributed by atoms with Crippen molar-refractivity contribution < 1.29 is 0 Å². The molecule has 0 spiro atoms. The minimum Gasteiger partial charge on any atom is -0.370 e. The van der Waals surface area contributed by atoms with Gasteiger partial charge in [0, 0.05) is 25.8 Å². The van der Waals surface area contributed by atoms with Crippen LogP contribution in [0.2, 0.25) is 0 Å². The van der Waals surface area contributed by atoms with Crippen LogP contribution in [0.25, 0.3) is 0 Å². The summed E-state index contributed by atoms with van der Waals surface area (Å²) in [6, 6.07) is 2.15. The van der Waals surface area contributed by atoms with Crippen LogP contribution in [0.4, 0.5) is 5.82 Å². The first kappa shape index (κ1) is 10.4. The van der Waals surface area contributed by atoms with Crippen molar-refractivity contribution in [2.24, 2.45) is 5.73 Å². The molecule has 1 aliphatic heterocycles. The third-order valence-corrected chi connectivity index (χ3v) is 2.65. The summed E-state index contributed by atoms with van der Waals surface area (Å²) < 4.78 is 0. The first-order valence-electron chi connectivity index (χ1n) is 5.40. The van der Waals surface area contributed by atoms with Gasteiger partial charge in [-0.1, -0.05) is 0 Å². The van der Waals surface area contributed by atoms with E-state index in [4.69, 9.17) is 5.73 Å². The summed E-state index contributed by atoms with van der Waals surface area (Å²) in [6.45, 7) is 3.67. The van der Waals surface area contributed by atoms with E-state index in [0.717, 1.165) is 38.4 Å². The SMILES string of the molecule is CN1Cc2cnc(NCCCN)cc2C1. The fourth-order valence-corrected chi connectivity index (χ4v) is 1.87. The Balaban J connectivity index is 2.00. The molecule has 0 aromatic carbocycles. The van der Waals surface area contributed by atoms with E-state index in [1.165, 1.54) is 11.1 Å². The highest BCUT2D eigenvalue weighted by Crippen LogP contribution is 2.22. The Morgan fingerprint density at radius 2 is 2.27 bits per heavy atom. The number of hydrogen-bond donors (Lipinski definition) is 2. The first-order valence-corrected chi connectivity index (χ1v) is 5.40. The van der Waals surface area contributed by atoms with Crippen molar-refractivity contribution in [2.75, 3.05) is 25.5 Å². The zero-order valence-electron chi connectivity index (χ0n) is 9.16. The zero-order chi connectivity index (χ0) is 10.7. The molecule has 0 saturated carbocycles. The average molecular weight is 206 g/mol. The predicted molar refractivity (Wildman–Crippen MR) is 61.6 cm³/mol. The van der Waals surface area contributed by atoms with Crippen LogP contribution in [-0.4, -0.2) is 30.0 Å². The Labute approximate surface area is 90.5 Å². The lowest BCUT2D eigenvalue weighted by molar-refractivity contribution is 0.353. The Hall–Kier alpha value is -1.13. The fraction of sp³-hybridized carbons (Fsp3) is 0.545. The average Bonchev–Trinajstić information content (AvgIpc) is 2.57. The number of aromatic nitrogens is 1. The van der Waals surface area contributed by atoms with E-state index in [9.17, 15) is 0 Å². The van der Waals surface area contributed by atoms with Gasteiger partial charge in [-0.15, -0.1) is 0 Å². The molecular formula is C11H18N4. The molecule has 0 aliphatic carbocycles. The summed E-state index contributed by atoms with van der Waals surface area (Å²) in [5.74, 6) is 0.970. The van der Waals surface area contributed by atoms with E-state index in [1.807, 2.05) is 6.20 Å². The van der Waals surface area contributed by atoms with E-state index in [1.54, 1.807) is 0 Å². The molecule has 0 fully saturated rings. The molecule has 4 nitrogen and oxygen atoms in total. The lowest BCUT2D eigenvalue weighted by atomic mass is 10.2. The molecule has 1 aromatic rings. The van der Waals surface area contributed by atoms with Crippen LogP contribution >= 0.6 is 0 Å². The van der Waals surface area contributed by atoms with E-state index in [0.29, 0.717) is 0 Å². The van der Waals surface area contributed by atoms with Crippen LogP contribution in [0.5, 0.6) is 0 Å². The van der Waals surface area contributed by atoms with E-state index >= 15 is 0 Å². The molecule has 1 aliphatic rings. The van der Waals surface area contributed by atoms with E-state index in [-0.39, 0.29) is 0 Å². The maximum atomic E-state index is 5.43. The van der Waals surface area contributed by atoms with Crippen LogP contribution in [0.15, 0.2) is 12.3 Å². The molecule has 0 atom stereocenters. The van der Waals surface area contributed by atoms with E-state index < -0.39 is 0 Å². The fourth-order valence-electron chi connectivity index (χ4n) is 1.87. The highest BCUT2D eigenvalue weighted by molar-refractivity contribution is 5.42. The lowest BCUT2D eigenvalue weighted by Gasteiger charge is -2.05. The molecule has 4 heteroatoms. The smallest absolute Gasteiger partial charge is 0.126 e. The Bertz CT molecular complexity index is 337. The number of nitrogens with zero attached hydrogens (tertiary/aromatic N) is 2. The van der Waals surface area contributed by atoms with Gasteiger partial charge in [0.05, 0.1) is 0 Å². The summed E-state index contributed by atoms with van der Waals surface area (Å²) in [4.78, 5) is 6.67. The second-order valence-electron chi connectivity index (χ2n) is 4.08. The lowest BCUT2D eigenvalue weighted by Crippen LogP contribution is -2.09. The van der Waals surface area contributed by atoms with Gasteiger partial charge in [0.1, 0.15) is 5.82 Å². The van der Waals surface area contributed by atoms with Crippen molar-refractivity contribution in [1.82, 2.24) is 9.88 Å². The highest BCUT2D eigenvalue weighted by Gasteiger charge is 2.15. The molecular weight excluding hydrogens is 188 g/mol. The van der Waals surface area contributed by atoms with Gasteiger partial charge in [-0.25, -0.2) is 4.98 Å². The van der Waals surface area contributed by atoms with Gasteiger partial charge in [-0.2, -0.15) is 0 Å². The first-order chi connectivity index (χ1) is 7.29. The van der Waals surface area contributed by atoms with Crippen molar-refractivity contribution >= 4 is 5.82 Å². The quantitative estimate of drug-likeness (QED) is 0.715. The van der Waals surface area contributed by atoms with Crippen molar-refractivity contribution in [1.29, 1.82) is 0 Å². The Morgan fingerprint density at radius 3 is 3.07 bits per heavy atom. The third-order valence-electron chi connectivity index (χ3n) is 2.65. The second kappa shape index (κ2) is 4.59. The van der Waals surface area contributed by atoms with Crippen LogP contribution < -0.4 is 11.1 Å². The van der Waals surface area contributed by atoms with Gasteiger partial charge in [-0.3, -0.25) is 4.90 Å². The standard InChI is InChI=1S/C11H18N4/c1-15-7-9-5-11(13-4-2-3-12)14-6-10(9)8-15/h5-6H,2-4,7-8,12H2,1H3,(H,13,14). The largest absolute Gasteiger partial charge is 0.370 e. The zero-order valence-corrected chi connectivity index (χ0v) is 9.16. The summed E-state index contributed by atoms with van der Waals surface area (Å²) in [5, 5.41) is 3.28. The molecule has 2 rings (SSSR count). The molecule has 0 amide bonds. The van der Waals surface area contributed by atoms with Crippen LogP contribution in [-0.2, 0) is 13.1 Å². The molecule has 15 heavy (non-hydrogen) atoms. The molecule has 0 unspecified atom stereocenters. The number of pyridine rings is 1. The van der Waals surface area contributed by atoms with Gasteiger partial charge >= 0.3 is 0 Å². The number of nitrogens with one attached hydrogen (secondary N) is 1. The molecule has 0 radical (unpaired) electrons. The summed E-state index contributed by atoms with van der Waals surface area (Å²) >= 11 is 0. The van der Waals surface area contributed by atoms with Gasteiger partial charge in [-0.05, 0) is 37.2 Å². The molecule has 82 valence electrons. The maximum absolute atomic E-state index is 5.43. The number of fused-ring (bicyclic) bond motifs is 1. The van der Waals surface area contributed by atoms with Crippen molar-refractivity contribution in [2.45, 2.75) is 19.5 Å². The van der Waals surface area contributed by atoms with Gasteiger partial charge in [0.25, 0.3) is 0 Å². The topological polar surface area (TPSA) is 54.2 Å². The minimum atomic E-state index is 0.723. The third kappa shape index (κ3) is 2.46. The second-order valence-corrected chi connectivity index (χ2v) is 4.08. The van der Waals surface area contributed by atoms with Crippen molar-refractivity contribution in [3.63, 3.8) is 0 Å². The van der Waals surface area contributed by atoms with Gasteiger partial charge in [0.2, 0.25) is 0 Å². The van der Waals surface area contributed by atoms with Crippen molar-refractivity contribution in [3.05, 3.63) is 23.4 Å². The van der Waals surface area contributed by atoms with Gasteiger partial charge in [0.15, 0.2) is 0 Å². The summed E-state index contributed by atoms with van der Waals surface area (Å²) in [6.07, 6.45) is 2.96. The minimum absolute atomic E-state index is 0.723. The number of nitrogens with two attached hydrogens (primary N) is 1. The molecule has 2 heterocycles. The van der Waals surface area contributed by atoms with Crippen LogP contribution in [0.1, 0.15) is 17.5 Å².